The number of aryl methyl sites for hydroxylation is 2. The summed E-state index contributed by atoms with van der Waals surface area (Å²) in [5.41, 5.74) is 1.56. The minimum Gasteiger partial charge on any atom is -0.452 e. The molecule has 2 aromatic heterocycles. The van der Waals surface area contributed by atoms with Gasteiger partial charge in [0, 0.05) is 13.5 Å². The average molecular weight is 320 g/mol. The lowest BCUT2D eigenvalue weighted by Crippen LogP contribution is -2.06. The van der Waals surface area contributed by atoms with Crippen molar-refractivity contribution in [2.75, 3.05) is 0 Å². The van der Waals surface area contributed by atoms with E-state index in [1.54, 1.807) is 23.9 Å². The van der Waals surface area contributed by atoms with Gasteiger partial charge >= 0.3 is 0 Å². The van der Waals surface area contributed by atoms with Gasteiger partial charge in [0.05, 0.1) is 16.4 Å². The fourth-order valence-electron chi connectivity index (χ4n) is 1.69. The highest BCUT2D eigenvalue weighted by Gasteiger charge is 2.18. The molecule has 92 valence electrons. The molecule has 17 heavy (non-hydrogen) atoms. The van der Waals surface area contributed by atoms with Gasteiger partial charge in [-0.15, -0.1) is 0 Å². The highest BCUT2D eigenvalue weighted by atomic mass is 79.9. The third-order valence-corrected chi connectivity index (χ3v) is 3.49. The molecule has 2 heterocycles. The topological polar surface area (TPSA) is 51.2 Å². The Labute approximate surface area is 112 Å². The van der Waals surface area contributed by atoms with Crippen LogP contribution in [0.5, 0.6) is 0 Å². The summed E-state index contributed by atoms with van der Waals surface area (Å²) in [5.74, 6) is 0.506. The first kappa shape index (κ1) is 12.7. The molecule has 4 nitrogen and oxygen atoms in total. The molecular formula is C11H12BrClN2O2. The summed E-state index contributed by atoms with van der Waals surface area (Å²) in [6, 6.07) is 3.47. The number of aliphatic hydroxyl groups excluding tert-OH is 1. The highest BCUT2D eigenvalue weighted by Crippen LogP contribution is 2.27. The molecule has 0 spiro atoms. The lowest BCUT2D eigenvalue weighted by molar-refractivity contribution is 0.146. The van der Waals surface area contributed by atoms with Crippen molar-refractivity contribution in [1.82, 2.24) is 9.78 Å². The van der Waals surface area contributed by atoms with E-state index < -0.39 is 6.10 Å². The van der Waals surface area contributed by atoms with E-state index in [1.807, 2.05) is 6.92 Å². The number of rotatable bonds is 3. The van der Waals surface area contributed by atoms with Gasteiger partial charge in [-0.2, -0.15) is 5.10 Å². The Morgan fingerprint density at radius 1 is 1.59 bits per heavy atom. The minimum absolute atomic E-state index is 0.371. The van der Waals surface area contributed by atoms with Crippen LogP contribution < -0.4 is 0 Å². The highest BCUT2D eigenvalue weighted by molar-refractivity contribution is 9.10. The minimum atomic E-state index is -0.728. The Balaban J connectivity index is 2.21. The molecule has 0 aliphatic carbocycles. The van der Waals surface area contributed by atoms with Crippen molar-refractivity contribution in [3.63, 3.8) is 0 Å². The van der Waals surface area contributed by atoms with Gasteiger partial charge in [-0.05, 0) is 35.0 Å². The van der Waals surface area contributed by atoms with E-state index in [-0.39, 0.29) is 0 Å². The fraction of sp³-hybridized carbons (Fsp3) is 0.364. The quantitative estimate of drug-likeness (QED) is 0.946. The second-order valence-electron chi connectivity index (χ2n) is 3.83. The van der Waals surface area contributed by atoms with Crippen LogP contribution in [0, 0.1) is 6.92 Å². The number of aliphatic hydroxyl groups is 1. The summed E-state index contributed by atoms with van der Waals surface area (Å²) in [4.78, 5) is 0. The first-order valence-electron chi connectivity index (χ1n) is 5.10. The van der Waals surface area contributed by atoms with Crippen molar-refractivity contribution in [1.29, 1.82) is 0 Å². The molecule has 0 aliphatic heterocycles. The smallest absolute Gasteiger partial charge is 0.169 e. The van der Waals surface area contributed by atoms with Crippen molar-refractivity contribution in [2.24, 2.45) is 7.05 Å². The van der Waals surface area contributed by atoms with Crippen LogP contribution in [0.3, 0.4) is 0 Å². The number of hydrogen-bond acceptors (Lipinski definition) is 3. The van der Waals surface area contributed by atoms with Gasteiger partial charge in [0.1, 0.15) is 11.9 Å². The van der Waals surface area contributed by atoms with Crippen LogP contribution >= 0.6 is 27.5 Å². The van der Waals surface area contributed by atoms with Crippen LogP contribution in [0.25, 0.3) is 0 Å². The molecule has 1 N–H and O–H groups in total. The van der Waals surface area contributed by atoms with Crippen molar-refractivity contribution in [2.45, 2.75) is 19.4 Å². The number of furan rings is 1. The number of nitrogens with zero attached hydrogens (tertiary/aromatic N) is 2. The summed E-state index contributed by atoms with van der Waals surface area (Å²) in [6.07, 6.45) is -0.357. The fourth-order valence-corrected chi connectivity index (χ4v) is 2.25. The Morgan fingerprint density at radius 3 is 2.76 bits per heavy atom. The molecule has 0 radical (unpaired) electrons. The molecule has 6 heteroatoms. The molecule has 0 aliphatic rings. The zero-order valence-electron chi connectivity index (χ0n) is 9.44. The Morgan fingerprint density at radius 2 is 2.29 bits per heavy atom. The predicted molar refractivity (Wildman–Crippen MR) is 68.0 cm³/mol. The van der Waals surface area contributed by atoms with Gasteiger partial charge in [0.15, 0.2) is 4.67 Å². The number of halogens is 2. The summed E-state index contributed by atoms with van der Waals surface area (Å²) in [6.45, 7) is 1.84. The van der Waals surface area contributed by atoms with Crippen LogP contribution in [0.2, 0.25) is 5.02 Å². The molecule has 1 atom stereocenters. The largest absolute Gasteiger partial charge is 0.452 e. The van der Waals surface area contributed by atoms with Crippen molar-refractivity contribution < 1.29 is 9.52 Å². The summed E-state index contributed by atoms with van der Waals surface area (Å²) < 4.78 is 7.57. The lowest BCUT2D eigenvalue weighted by atomic mass is 10.1. The monoisotopic (exact) mass is 318 g/mol. The molecule has 0 bridgehead atoms. The second-order valence-corrected chi connectivity index (χ2v) is 4.99. The van der Waals surface area contributed by atoms with E-state index >= 15 is 0 Å². The number of aromatic nitrogens is 2. The summed E-state index contributed by atoms with van der Waals surface area (Å²) in [7, 11) is 1.80. The van der Waals surface area contributed by atoms with E-state index in [0.717, 1.165) is 11.4 Å². The van der Waals surface area contributed by atoms with Crippen molar-refractivity contribution in [3.05, 3.63) is 39.0 Å². The normalized spacial score (nSPS) is 13.0. The molecule has 1 unspecified atom stereocenters. The Hall–Kier alpha value is -0.780. The molecule has 0 amide bonds. The van der Waals surface area contributed by atoms with Crippen LogP contribution in [-0.2, 0) is 13.5 Å². The molecule has 0 aromatic carbocycles. The Kier molecular flexibility index (Phi) is 3.61. The van der Waals surface area contributed by atoms with E-state index in [1.165, 1.54) is 0 Å². The maximum absolute atomic E-state index is 10.0. The van der Waals surface area contributed by atoms with Crippen LogP contribution in [0.4, 0.5) is 0 Å². The molecule has 2 rings (SSSR count). The van der Waals surface area contributed by atoms with Crippen molar-refractivity contribution in [3.8, 4) is 0 Å². The summed E-state index contributed by atoms with van der Waals surface area (Å²) in [5, 5.41) is 14.8. The maximum atomic E-state index is 10.0. The SMILES string of the molecule is Cc1nn(C)c(CC(O)c2ccc(Br)o2)c1Cl. The van der Waals surface area contributed by atoms with Crippen LogP contribution in [0.1, 0.15) is 23.3 Å². The van der Waals surface area contributed by atoms with Gasteiger partial charge in [0.25, 0.3) is 0 Å². The predicted octanol–water partition coefficient (Wildman–Crippen LogP) is 3.01. The molecule has 0 saturated heterocycles. The lowest BCUT2D eigenvalue weighted by Gasteiger charge is -2.08. The van der Waals surface area contributed by atoms with Gasteiger partial charge in [-0.3, -0.25) is 4.68 Å². The average Bonchev–Trinajstić information content (AvgIpc) is 2.79. The first-order valence-corrected chi connectivity index (χ1v) is 6.27. The number of hydrogen-bond donors (Lipinski definition) is 1. The van der Waals surface area contributed by atoms with Gasteiger partial charge in [0.2, 0.25) is 0 Å². The second kappa shape index (κ2) is 4.84. The molecule has 0 saturated carbocycles. The molecule has 0 fully saturated rings. The maximum Gasteiger partial charge on any atom is 0.169 e. The zero-order valence-corrected chi connectivity index (χ0v) is 11.8. The standard InChI is InChI=1S/C11H12BrClN2O2/c1-6-11(13)7(15(2)14-6)5-8(16)9-3-4-10(12)17-9/h3-4,8,16H,5H2,1-2H3. The van der Waals surface area contributed by atoms with Gasteiger partial charge in [-0.25, -0.2) is 0 Å². The van der Waals surface area contributed by atoms with E-state index in [4.69, 9.17) is 16.0 Å². The molecule has 2 aromatic rings. The Bertz CT molecular complexity index is 536. The molecular weight excluding hydrogens is 307 g/mol. The third kappa shape index (κ3) is 2.56. The van der Waals surface area contributed by atoms with E-state index in [0.29, 0.717) is 21.9 Å². The van der Waals surface area contributed by atoms with Gasteiger partial charge in [-0.1, -0.05) is 11.6 Å². The zero-order chi connectivity index (χ0) is 12.6. The summed E-state index contributed by atoms with van der Waals surface area (Å²) >= 11 is 9.31. The van der Waals surface area contributed by atoms with Crippen molar-refractivity contribution >= 4 is 27.5 Å². The third-order valence-electron chi connectivity index (χ3n) is 2.57. The van der Waals surface area contributed by atoms with Gasteiger partial charge < -0.3 is 9.52 Å². The van der Waals surface area contributed by atoms with Crippen LogP contribution in [0.15, 0.2) is 21.2 Å². The first-order chi connectivity index (χ1) is 7.99. The van der Waals surface area contributed by atoms with Crippen LogP contribution in [-0.4, -0.2) is 14.9 Å². The van der Waals surface area contributed by atoms with E-state index in [2.05, 4.69) is 21.0 Å². The van der Waals surface area contributed by atoms with E-state index in [9.17, 15) is 5.11 Å².